The quantitative estimate of drug-likeness (QED) is 0.0652. The van der Waals surface area contributed by atoms with Gasteiger partial charge in [0, 0.05) is 26.7 Å². The van der Waals surface area contributed by atoms with Crippen LogP contribution in [-0.4, -0.2) is 127 Å². The van der Waals surface area contributed by atoms with Crippen molar-refractivity contribution in [1.29, 1.82) is 0 Å². The van der Waals surface area contributed by atoms with Crippen molar-refractivity contribution in [3.8, 4) is 0 Å². The minimum Gasteiger partial charge on any atom is -0.548 e. The zero-order valence-corrected chi connectivity index (χ0v) is 24.4. The van der Waals surface area contributed by atoms with Crippen molar-refractivity contribution in [1.82, 2.24) is 21.3 Å². The molecule has 0 saturated carbocycles. The molecule has 8 N–H and O–H groups in total. The smallest absolute Gasteiger partial charge is 0.548 e. The SMILES string of the molecule is CC(=O)N[C@@H](CC(=O)O)C(=O)N[C@@H](CCC(=O)O)C(=O)[O-].CC(=O)N[C@@H](CC(=O)O)C(=O)N[C@@H](CCC(=O)O)C(=O)[O-].[Mg+2]. The van der Waals surface area contributed by atoms with Gasteiger partial charge in [-0.05, 0) is 12.8 Å². The third-order valence-corrected chi connectivity index (χ3v) is 4.64. The maximum Gasteiger partial charge on any atom is 2.00 e. The average Bonchev–Trinajstić information content (AvgIpc) is 2.81. The van der Waals surface area contributed by atoms with E-state index in [0.717, 1.165) is 13.8 Å². The van der Waals surface area contributed by atoms with Crippen molar-refractivity contribution in [3.05, 3.63) is 0 Å². The van der Waals surface area contributed by atoms with Crippen LogP contribution in [0.4, 0.5) is 0 Å². The summed E-state index contributed by atoms with van der Waals surface area (Å²) < 4.78 is 0. The summed E-state index contributed by atoms with van der Waals surface area (Å²) in [6.07, 6.45) is -3.40. The van der Waals surface area contributed by atoms with Crippen molar-refractivity contribution in [3.63, 3.8) is 0 Å². The van der Waals surface area contributed by atoms with Crippen LogP contribution < -0.4 is 31.5 Å². The minimum absolute atomic E-state index is 0. The summed E-state index contributed by atoms with van der Waals surface area (Å²) in [6, 6.07) is -6.13. The molecule has 4 atom stereocenters. The van der Waals surface area contributed by atoms with Crippen LogP contribution in [0, 0.1) is 0 Å². The van der Waals surface area contributed by atoms with E-state index in [9.17, 15) is 58.2 Å². The van der Waals surface area contributed by atoms with Crippen LogP contribution in [0.3, 0.4) is 0 Å². The van der Waals surface area contributed by atoms with Crippen molar-refractivity contribution in [2.45, 2.75) is 76.5 Å². The van der Waals surface area contributed by atoms with Gasteiger partial charge in [0.25, 0.3) is 0 Å². The first-order valence-corrected chi connectivity index (χ1v) is 11.7. The first kappa shape index (κ1) is 42.9. The second-order valence-corrected chi connectivity index (χ2v) is 8.33. The zero-order valence-electron chi connectivity index (χ0n) is 22.9. The van der Waals surface area contributed by atoms with Gasteiger partial charge in [-0.2, -0.15) is 0 Å². The summed E-state index contributed by atoms with van der Waals surface area (Å²) in [4.78, 5) is 109. The molecular weight excluding hydrogens is 601 g/mol. The Balaban J connectivity index is -0.000000727. The molecule has 0 spiro atoms. The number of carboxylic acid groups (broad SMARTS) is 6. The Labute approximate surface area is 258 Å². The zero-order chi connectivity index (χ0) is 33.2. The fraction of sp³-hybridized carbons (Fsp3) is 0.545. The van der Waals surface area contributed by atoms with Gasteiger partial charge in [0.1, 0.15) is 12.1 Å². The molecular formula is C22H30MgN4O16. The van der Waals surface area contributed by atoms with Crippen LogP contribution in [0.2, 0.25) is 0 Å². The standard InChI is InChI=1S/2C11H16N2O8.Mg/c2*1-5(14)12-7(4-9(17)18)10(19)13-6(11(20)21)2-3-8(15)16;/h2*6-7H,2-4H2,1H3,(H,12,14)(H,13,19)(H,15,16)(H,17,18)(H,20,21);/q;;+2/p-2/t2*6-,7-;/m00./s1. The number of hydrogen-bond acceptors (Lipinski definition) is 12. The molecule has 0 unspecified atom stereocenters. The molecule has 236 valence electrons. The Morgan fingerprint density at radius 3 is 0.977 bits per heavy atom. The first-order chi connectivity index (χ1) is 19.3. The van der Waals surface area contributed by atoms with Gasteiger partial charge in [0.15, 0.2) is 0 Å². The van der Waals surface area contributed by atoms with Crippen molar-refractivity contribution >= 4 is 82.5 Å². The molecule has 0 aliphatic rings. The molecule has 0 aromatic heterocycles. The predicted molar refractivity (Wildman–Crippen MR) is 133 cm³/mol. The van der Waals surface area contributed by atoms with Crippen LogP contribution in [0.5, 0.6) is 0 Å². The monoisotopic (exact) mass is 630 g/mol. The van der Waals surface area contributed by atoms with E-state index in [1.54, 1.807) is 0 Å². The van der Waals surface area contributed by atoms with Gasteiger partial charge in [-0.15, -0.1) is 0 Å². The van der Waals surface area contributed by atoms with E-state index in [0.29, 0.717) is 0 Å². The molecule has 0 aliphatic heterocycles. The van der Waals surface area contributed by atoms with E-state index in [-0.39, 0.29) is 23.1 Å². The molecule has 43 heavy (non-hydrogen) atoms. The first-order valence-electron chi connectivity index (χ1n) is 11.7. The summed E-state index contributed by atoms with van der Waals surface area (Å²) >= 11 is 0. The molecule has 0 aromatic rings. The van der Waals surface area contributed by atoms with Gasteiger partial charge in [0.05, 0.1) is 36.9 Å². The molecule has 0 aliphatic carbocycles. The van der Waals surface area contributed by atoms with Gasteiger partial charge in [0.2, 0.25) is 23.6 Å². The molecule has 0 heterocycles. The topological polar surface area (TPSA) is 346 Å². The number of rotatable bonds is 18. The molecule has 0 rings (SSSR count). The van der Waals surface area contributed by atoms with E-state index >= 15 is 0 Å². The van der Waals surface area contributed by atoms with Gasteiger partial charge < -0.3 is 61.5 Å². The largest absolute Gasteiger partial charge is 2.00 e. The Bertz CT molecular complexity index is 952. The Morgan fingerprint density at radius 2 is 0.791 bits per heavy atom. The van der Waals surface area contributed by atoms with Crippen LogP contribution >= 0.6 is 0 Å². The third-order valence-electron chi connectivity index (χ3n) is 4.64. The van der Waals surface area contributed by atoms with Gasteiger partial charge >= 0.3 is 46.9 Å². The molecule has 0 aromatic carbocycles. The van der Waals surface area contributed by atoms with Gasteiger partial charge in [-0.25, -0.2) is 0 Å². The van der Waals surface area contributed by atoms with Crippen LogP contribution in [0.1, 0.15) is 52.4 Å². The Kier molecular flexibility index (Phi) is 22.1. The van der Waals surface area contributed by atoms with E-state index in [1.165, 1.54) is 0 Å². The van der Waals surface area contributed by atoms with Crippen LogP contribution in [0.25, 0.3) is 0 Å². The Morgan fingerprint density at radius 1 is 0.512 bits per heavy atom. The number of aliphatic carboxylic acids is 6. The second kappa shape index (κ2) is 22.1. The average molecular weight is 631 g/mol. The third kappa shape index (κ3) is 22.8. The number of carboxylic acids is 6. The van der Waals surface area contributed by atoms with E-state index < -0.39 is 122 Å². The van der Waals surface area contributed by atoms with Crippen LogP contribution in [-0.2, 0) is 47.9 Å². The summed E-state index contributed by atoms with van der Waals surface area (Å²) in [5, 5.41) is 63.8. The van der Waals surface area contributed by atoms with Crippen LogP contribution in [0.15, 0.2) is 0 Å². The summed E-state index contributed by atoms with van der Waals surface area (Å²) in [5.74, 6) is -12.1. The molecule has 0 bridgehead atoms. The van der Waals surface area contributed by atoms with Gasteiger partial charge in [-0.3, -0.25) is 38.4 Å². The number of amides is 4. The molecule has 0 saturated heterocycles. The maximum absolute atomic E-state index is 11.7. The molecule has 20 nitrogen and oxygen atoms in total. The molecule has 0 radical (unpaired) electrons. The minimum atomic E-state index is -1.71. The number of carbonyl (C=O) groups excluding carboxylic acids is 6. The van der Waals surface area contributed by atoms with E-state index in [1.807, 2.05) is 10.6 Å². The molecule has 0 fully saturated rings. The number of carbonyl (C=O) groups is 10. The fourth-order valence-electron chi connectivity index (χ4n) is 2.84. The molecule has 21 heteroatoms. The second-order valence-electron chi connectivity index (χ2n) is 8.33. The van der Waals surface area contributed by atoms with Gasteiger partial charge in [-0.1, -0.05) is 0 Å². The predicted octanol–water partition coefficient (Wildman–Crippen LogP) is -6.25. The number of hydrogen-bond donors (Lipinski definition) is 8. The maximum atomic E-state index is 11.7. The fourth-order valence-corrected chi connectivity index (χ4v) is 2.84. The summed E-state index contributed by atoms with van der Waals surface area (Å²) in [7, 11) is 0. The summed E-state index contributed by atoms with van der Waals surface area (Å²) in [5.41, 5.74) is 0. The summed E-state index contributed by atoms with van der Waals surface area (Å²) in [6.45, 7) is 2.12. The van der Waals surface area contributed by atoms with E-state index in [4.69, 9.17) is 20.4 Å². The van der Waals surface area contributed by atoms with E-state index in [2.05, 4.69) is 10.6 Å². The molecule has 4 amide bonds. The van der Waals surface area contributed by atoms with Crippen molar-refractivity contribution in [2.75, 3.05) is 0 Å². The normalized spacial score (nSPS) is 12.5. The van der Waals surface area contributed by atoms with Crippen molar-refractivity contribution in [2.24, 2.45) is 0 Å². The van der Waals surface area contributed by atoms with Crippen molar-refractivity contribution < 1.29 is 78.6 Å². The Hall–Kier alpha value is -4.53. The number of nitrogens with one attached hydrogen (secondary N) is 4.